The van der Waals surface area contributed by atoms with Crippen LogP contribution in [0.3, 0.4) is 0 Å². The van der Waals surface area contributed by atoms with Crippen molar-refractivity contribution in [1.82, 2.24) is 10.6 Å². The van der Waals surface area contributed by atoms with Gasteiger partial charge in [0.25, 0.3) is 0 Å². The molecule has 0 bridgehead atoms. The van der Waals surface area contributed by atoms with Gasteiger partial charge >= 0.3 is 0 Å². The van der Waals surface area contributed by atoms with Gasteiger partial charge in [0.1, 0.15) is 6.04 Å². The largest absolute Gasteiger partial charge is 0.368 e. The van der Waals surface area contributed by atoms with E-state index in [0.717, 1.165) is 5.56 Å². The van der Waals surface area contributed by atoms with Gasteiger partial charge in [-0.25, -0.2) is 0 Å². The fourth-order valence-corrected chi connectivity index (χ4v) is 1.93. The molecule has 6 nitrogen and oxygen atoms in total. The van der Waals surface area contributed by atoms with Gasteiger partial charge in [-0.3, -0.25) is 14.4 Å². The van der Waals surface area contributed by atoms with Crippen LogP contribution in [0.1, 0.15) is 25.8 Å². The van der Waals surface area contributed by atoms with Crippen LogP contribution in [0.5, 0.6) is 0 Å². The number of primary amides is 1. The minimum Gasteiger partial charge on any atom is -0.368 e. The van der Waals surface area contributed by atoms with E-state index >= 15 is 0 Å². The van der Waals surface area contributed by atoms with Crippen molar-refractivity contribution in [2.24, 2.45) is 11.7 Å². The molecule has 0 heterocycles. The predicted octanol–water partition coefficient (Wildman–Crippen LogP) is 0.832. The van der Waals surface area contributed by atoms with Gasteiger partial charge in [-0.05, 0) is 24.0 Å². The maximum absolute atomic E-state index is 11.8. The Hall–Kier alpha value is -2.63. The lowest BCUT2D eigenvalue weighted by Crippen LogP contribution is -2.48. The number of nitrogens with one attached hydrogen (secondary N) is 2. The first-order valence-electron chi connectivity index (χ1n) is 7.48. The Bertz CT molecular complexity index is 568. The minimum absolute atomic E-state index is 0.208. The van der Waals surface area contributed by atoms with Gasteiger partial charge in [0.15, 0.2) is 0 Å². The summed E-state index contributed by atoms with van der Waals surface area (Å²) >= 11 is 0. The van der Waals surface area contributed by atoms with Crippen molar-refractivity contribution in [2.45, 2.75) is 26.3 Å². The number of nitrogens with two attached hydrogens (primary N) is 1. The monoisotopic (exact) mass is 317 g/mol. The van der Waals surface area contributed by atoms with E-state index in [9.17, 15) is 14.4 Å². The van der Waals surface area contributed by atoms with E-state index in [1.165, 1.54) is 6.08 Å². The van der Waals surface area contributed by atoms with Gasteiger partial charge in [0, 0.05) is 6.08 Å². The van der Waals surface area contributed by atoms with Gasteiger partial charge in [-0.15, -0.1) is 0 Å². The van der Waals surface area contributed by atoms with Crippen molar-refractivity contribution < 1.29 is 14.4 Å². The normalized spacial score (nSPS) is 12.1. The Morgan fingerprint density at radius 2 is 1.83 bits per heavy atom. The van der Waals surface area contributed by atoms with E-state index < -0.39 is 17.9 Å². The van der Waals surface area contributed by atoms with E-state index in [2.05, 4.69) is 10.6 Å². The molecule has 0 radical (unpaired) electrons. The highest BCUT2D eigenvalue weighted by Crippen LogP contribution is 2.04. The van der Waals surface area contributed by atoms with Crippen molar-refractivity contribution in [3.63, 3.8) is 0 Å². The summed E-state index contributed by atoms with van der Waals surface area (Å²) in [5.41, 5.74) is 6.14. The van der Waals surface area contributed by atoms with Crippen LogP contribution in [0.25, 0.3) is 6.08 Å². The first kappa shape index (κ1) is 18.4. The van der Waals surface area contributed by atoms with Crippen molar-refractivity contribution in [2.75, 3.05) is 6.54 Å². The quantitative estimate of drug-likeness (QED) is 0.619. The molecule has 1 rings (SSSR count). The smallest absolute Gasteiger partial charge is 0.244 e. The third-order valence-electron chi connectivity index (χ3n) is 3.04. The van der Waals surface area contributed by atoms with Gasteiger partial charge in [0.05, 0.1) is 6.54 Å². The van der Waals surface area contributed by atoms with Crippen LogP contribution >= 0.6 is 0 Å². The lowest BCUT2D eigenvalue weighted by Gasteiger charge is -2.17. The molecule has 1 unspecified atom stereocenters. The number of hydrogen-bond acceptors (Lipinski definition) is 3. The predicted molar refractivity (Wildman–Crippen MR) is 89.1 cm³/mol. The van der Waals surface area contributed by atoms with Crippen LogP contribution in [0.2, 0.25) is 0 Å². The first-order chi connectivity index (χ1) is 10.9. The molecule has 3 amide bonds. The molecule has 0 aliphatic heterocycles. The summed E-state index contributed by atoms with van der Waals surface area (Å²) in [6.45, 7) is 3.65. The summed E-state index contributed by atoms with van der Waals surface area (Å²) in [6, 6.07) is 8.61. The van der Waals surface area contributed by atoms with Crippen LogP contribution in [-0.2, 0) is 14.4 Å². The Kier molecular flexibility index (Phi) is 7.53. The van der Waals surface area contributed by atoms with Gasteiger partial charge in [-0.2, -0.15) is 0 Å². The molecule has 23 heavy (non-hydrogen) atoms. The second-order valence-corrected chi connectivity index (χ2v) is 5.61. The SMILES string of the molecule is CC(C)CC(NC(=O)CNC(=O)/C=C/c1ccccc1)C(N)=O. The van der Waals surface area contributed by atoms with Crippen LogP contribution in [0.4, 0.5) is 0 Å². The summed E-state index contributed by atoms with van der Waals surface area (Å²) in [7, 11) is 0. The highest BCUT2D eigenvalue weighted by atomic mass is 16.2. The molecular weight excluding hydrogens is 294 g/mol. The molecule has 0 saturated carbocycles. The standard InChI is InChI=1S/C17H23N3O3/c1-12(2)10-14(17(18)23)20-16(22)11-19-15(21)9-8-13-6-4-3-5-7-13/h3-9,12,14H,10-11H2,1-2H3,(H2,18,23)(H,19,21)(H,20,22)/b9-8+. The van der Waals surface area contributed by atoms with Gasteiger partial charge in [0.2, 0.25) is 17.7 Å². The number of carbonyl (C=O) groups is 3. The average Bonchev–Trinajstić information content (AvgIpc) is 2.50. The van der Waals surface area contributed by atoms with Crippen LogP contribution in [-0.4, -0.2) is 30.3 Å². The first-order valence-corrected chi connectivity index (χ1v) is 7.48. The summed E-state index contributed by atoms with van der Waals surface area (Å²) in [5.74, 6) is -1.20. The molecule has 0 aliphatic rings. The molecule has 4 N–H and O–H groups in total. The number of hydrogen-bond donors (Lipinski definition) is 3. The van der Waals surface area contributed by atoms with Crippen molar-refractivity contribution in [1.29, 1.82) is 0 Å². The number of benzene rings is 1. The minimum atomic E-state index is -0.723. The molecule has 1 atom stereocenters. The van der Waals surface area contributed by atoms with Gasteiger partial charge in [-0.1, -0.05) is 44.2 Å². The maximum Gasteiger partial charge on any atom is 0.244 e. The Morgan fingerprint density at radius 1 is 1.17 bits per heavy atom. The fraction of sp³-hybridized carbons (Fsp3) is 0.353. The Balaban J connectivity index is 2.41. The van der Waals surface area contributed by atoms with E-state index in [0.29, 0.717) is 6.42 Å². The third-order valence-corrected chi connectivity index (χ3v) is 3.04. The number of rotatable bonds is 8. The fourth-order valence-electron chi connectivity index (χ4n) is 1.93. The van der Waals surface area contributed by atoms with Crippen molar-refractivity contribution in [3.05, 3.63) is 42.0 Å². The molecule has 0 saturated heterocycles. The van der Waals surface area contributed by atoms with E-state index in [4.69, 9.17) is 5.73 Å². The third kappa shape index (κ3) is 7.80. The lowest BCUT2D eigenvalue weighted by molar-refractivity contribution is -0.128. The zero-order valence-corrected chi connectivity index (χ0v) is 13.4. The van der Waals surface area contributed by atoms with Gasteiger partial charge < -0.3 is 16.4 Å². The highest BCUT2D eigenvalue weighted by Gasteiger charge is 2.19. The molecule has 0 fully saturated rings. The number of amides is 3. The summed E-state index contributed by atoms with van der Waals surface area (Å²) in [5, 5.41) is 4.99. The average molecular weight is 317 g/mol. The molecule has 1 aromatic rings. The van der Waals surface area contributed by atoms with Crippen molar-refractivity contribution in [3.8, 4) is 0 Å². The summed E-state index contributed by atoms with van der Waals surface area (Å²) in [6.07, 6.45) is 3.46. The zero-order chi connectivity index (χ0) is 17.2. The molecule has 0 aliphatic carbocycles. The highest BCUT2D eigenvalue weighted by molar-refractivity contribution is 5.95. The number of carbonyl (C=O) groups excluding carboxylic acids is 3. The molecule has 6 heteroatoms. The summed E-state index contributed by atoms with van der Waals surface area (Å²) < 4.78 is 0. The van der Waals surface area contributed by atoms with E-state index in [1.54, 1.807) is 6.08 Å². The maximum atomic E-state index is 11.8. The molecule has 0 spiro atoms. The second-order valence-electron chi connectivity index (χ2n) is 5.61. The molecule has 1 aromatic carbocycles. The second kappa shape index (κ2) is 9.40. The van der Waals surface area contributed by atoms with Crippen LogP contribution < -0.4 is 16.4 Å². The lowest BCUT2D eigenvalue weighted by atomic mass is 10.0. The molecule has 0 aromatic heterocycles. The zero-order valence-electron chi connectivity index (χ0n) is 13.4. The Morgan fingerprint density at radius 3 is 2.39 bits per heavy atom. The van der Waals surface area contributed by atoms with Crippen LogP contribution in [0, 0.1) is 5.92 Å². The molecule has 124 valence electrons. The summed E-state index contributed by atoms with van der Waals surface area (Å²) in [4.78, 5) is 34.7. The van der Waals surface area contributed by atoms with E-state index in [1.807, 2.05) is 44.2 Å². The Labute approximate surface area is 136 Å². The van der Waals surface area contributed by atoms with Crippen molar-refractivity contribution >= 4 is 23.8 Å². The topological polar surface area (TPSA) is 101 Å². The van der Waals surface area contributed by atoms with E-state index in [-0.39, 0.29) is 18.4 Å². The van der Waals surface area contributed by atoms with Crippen LogP contribution in [0.15, 0.2) is 36.4 Å². The molecular formula is C17H23N3O3.